The van der Waals surface area contributed by atoms with Gasteiger partial charge in [0.2, 0.25) is 6.79 Å². The lowest BCUT2D eigenvalue weighted by molar-refractivity contribution is -0.113. The van der Waals surface area contributed by atoms with E-state index in [9.17, 15) is 4.79 Å². The molecule has 1 aliphatic heterocycles. The molecular weight excluding hydrogens is 410 g/mol. The molecule has 0 spiro atoms. The lowest BCUT2D eigenvalue weighted by atomic mass is 9.92. The van der Waals surface area contributed by atoms with E-state index < -0.39 is 8.32 Å². The Morgan fingerprint density at radius 2 is 1.97 bits per heavy atom. The highest BCUT2D eigenvalue weighted by molar-refractivity contribution is 6.74. The van der Waals surface area contributed by atoms with Gasteiger partial charge in [-0.1, -0.05) is 37.5 Å². The van der Waals surface area contributed by atoms with E-state index in [4.69, 9.17) is 19.4 Å². The summed E-state index contributed by atoms with van der Waals surface area (Å²) < 4.78 is 17.8. The number of ketones is 1. The number of hydrogen-bond acceptors (Lipinski definition) is 5. The summed E-state index contributed by atoms with van der Waals surface area (Å²) in [5.41, 5.74) is 12.4. The summed E-state index contributed by atoms with van der Waals surface area (Å²) in [5, 5.41) is 3.76. The number of azide groups is 1. The second kappa shape index (κ2) is 9.47. The van der Waals surface area contributed by atoms with Crippen LogP contribution in [0.5, 0.6) is 11.5 Å². The van der Waals surface area contributed by atoms with Crippen LogP contribution in [0, 0.1) is 0 Å². The Labute approximate surface area is 185 Å². The smallest absolute Gasteiger partial charge is 0.231 e. The minimum Gasteiger partial charge on any atom is -0.454 e. The highest BCUT2D eigenvalue weighted by Gasteiger charge is 2.37. The van der Waals surface area contributed by atoms with Crippen LogP contribution in [0.25, 0.3) is 16.0 Å². The zero-order chi connectivity index (χ0) is 22.6. The number of benzene rings is 1. The fourth-order valence-corrected chi connectivity index (χ4v) is 4.89. The molecule has 168 valence electrons. The van der Waals surface area contributed by atoms with Gasteiger partial charge in [-0.2, -0.15) is 0 Å². The van der Waals surface area contributed by atoms with Crippen molar-refractivity contribution >= 4 is 19.7 Å². The first kappa shape index (κ1) is 23.4. The summed E-state index contributed by atoms with van der Waals surface area (Å²) in [6, 6.07) is 3.88. The average Bonchev–Trinajstić information content (AvgIpc) is 3.31. The molecular formula is C23H33N3O4Si. The zero-order valence-corrected chi connectivity index (χ0v) is 20.3. The van der Waals surface area contributed by atoms with Crippen molar-refractivity contribution in [2.75, 3.05) is 19.9 Å². The Kier molecular flexibility index (Phi) is 7.14. The fourth-order valence-electron chi connectivity index (χ4n) is 3.85. The maximum absolute atomic E-state index is 12.9. The van der Waals surface area contributed by atoms with Crippen LogP contribution in [0.2, 0.25) is 18.1 Å². The van der Waals surface area contributed by atoms with Gasteiger partial charge in [-0.05, 0) is 61.0 Å². The van der Waals surface area contributed by atoms with E-state index in [-0.39, 0.29) is 17.6 Å². The van der Waals surface area contributed by atoms with Crippen LogP contribution in [-0.4, -0.2) is 34.0 Å². The first-order valence-electron chi connectivity index (χ1n) is 11.0. The Balaban J connectivity index is 1.90. The van der Waals surface area contributed by atoms with E-state index in [1.54, 1.807) is 0 Å². The maximum atomic E-state index is 12.9. The Morgan fingerprint density at radius 1 is 1.19 bits per heavy atom. The number of carbonyl (C=O) groups excluding carboxylic acids is 1. The summed E-state index contributed by atoms with van der Waals surface area (Å²) in [6.45, 7) is 12.4. The summed E-state index contributed by atoms with van der Waals surface area (Å²) >= 11 is 0. The predicted octanol–water partition coefficient (Wildman–Crippen LogP) is 6.19. The van der Waals surface area contributed by atoms with Crippen LogP contribution in [0.3, 0.4) is 0 Å². The third-order valence-electron chi connectivity index (χ3n) is 6.62. The van der Waals surface area contributed by atoms with Crippen molar-refractivity contribution < 1.29 is 18.7 Å². The van der Waals surface area contributed by atoms with Crippen LogP contribution in [0.15, 0.2) is 22.8 Å². The SMILES string of the molecule is CC(C)(C)[Si](C)(C)OCCc1c(C2=C(CCCN=[N+]=[N-])CCC2=O)ccc2c1OCO2. The molecule has 8 heteroatoms. The molecule has 0 saturated carbocycles. The molecule has 0 N–H and O–H groups in total. The summed E-state index contributed by atoms with van der Waals surface area (Å²) in [6.07, 6.45) is 3.45. The van der Waals surface area contributed by atoms with Crippen LogP contribution in [-0.2, 0) is 15.6 Å². The first-order chi connectivity index (χ1) is 14.7. The van der Waals surface area contributed by atoms with Crippen molar-refractivity contribution in [1.82, 2.24) is 0 Å². The van der Waals surface area contributed by atoms with Gasteiger partial charge in [-0.15, -0.1) is 0 Å². The number of ether oxygens (including phenoxy) is 2. The van der Waals surface area contributed by atoms with Gasteiger partial charge in [0.15, 0.2) is 25.6 Å². The highest BCUT2D eigenvalue weighted by atomic mass is 28.4. The van der Waals surface area contributed by atoms with Gasteiger partial charge in [0.25, 0.3) is 0 Å². The molecule has 0 radical (unpaired) electrons. The standard InChI is InChI=1S/C23H33N3O4Si/c1-23(2,3)31(4,5)30-14-12-18-17(9-11-20-22(18)29-15-28-20)21-16(8-10-19(21)27)7-6-13-25-26-24/h9,11H,6-8,10,12-15H2,1-5H3. The van der Waals surface area contributed by atoms with Crippen LogP contribution >= 0.6 is 0 Å². The Bertz CT molecular complexity index is 927. The number of carbonyl (C=O) groups is 1. The Morgan fingerprint density at radius 3 is 2.68 bits per heavy atom. The molecule has 1 aromatic rings. The van der Waals surface area contributed by atoms with E-state index in [0.717, 1.165) is 53.0 Å². The molecule has 0 unspecified atom stereocenters. The van der Waals surface area contributed by atoms with Crippen molar-refractivity contribution in [3.8, 4) is 11.5 Å². The molecule has 0 aromatic heterocycles. The molecule has 0 amide bonds. The van der Waals surface area contributed by atoms with Gasteiger partial charge in [0, 0.05) is 35.6 Å². The minimum atomic E-state index is -1.88. The van der Waals surface area contributed by atoms with Crippen molar-refractivity contribution in [2.45, 2.75) is 71.0 Å². The second-order valence-corrected chi connectivity index (χ2v) is 14.5. The summed E-state index contributed by atoms with van der Waals surface area (Å²) in [5.74, 6) is 1.63. The number of nitrogens with zero attached hydrogens (tertiary/aromatic N) is 3. The molecule has 1 aliphatic carbocycles. The number of hydrogen-bond donors (Lipinski definition) is 0. The summed E-state index contributed by atoms with van der Waals surface area (Å²) in [7, 11) is -1.88. The first-order valence-corrected chi connectivity index (χ1v) is 13.9. The molecule has 31 heavy (non-hydrogen) atoms. The van der Waals surface area contributed by atoms with E-state index in [0.29, 0.717) is 26.0 Å². The van der Waals surface area contributed by atoms with Gasteiger partial charge in [-0.3, -0.25) is 4.79 Å². The number of allylic oxidation sites excluding steroid dienone is 2. The molecule has 1 heterocycles. The van der Waals surface area contributed by atoms with E-state index in [1.165, 1.54) is 0 Å². The molecule has 3 rings (SSSR count). The van der Waals surface area contributed by atoms with Crippen LogP contribution in [0.4, 0.5) is 0 Å². The van der Waals surface area contributed by atoms with E-state index in [1.807, 2.05) is 12.1 Å². The third-order valence-corrected chi connectivity index (χ3v) is 11.2. The zero-order valence-electron chi connectivity index (χ0n) is 19.3. The van der Waals surface area contributed by atoms with Gasteiger partial charge in [-0.25, -0.2) is 0 Å². The number of Topliss-reactive ketones (excluding diaryl/α,β-unsaturated/α-hetero) is 1. The maximum Gasteiger partial charge on any atom is 0.231 e. The highest BCUT2D eigenvalue weighted by Crippen LogP contribution is 2.44. The molecule has 0 fully saturated rings. The average molecular weight is 444 g/mol. The van der Waals surface area contributed by atoms with E-state index in [2.05, 4.69) is 43.9 Å². The van der Waals surface area contributed by atoms with Crippen molar-refractivity contribution in [1.29, 1.82) is 0 Å². The van der Waals surface area contributed by atoms with Crippen molar-refractivity contribution in [2.24, 2.45) is 5.11 Å². The third kappa shape index (κ3) is 5.14. The number of rotatable bonds is 9. The topological polar surface area (TPSA) is 93.5 Å². The lowest BCUT2D eigenvalue weighted by Crippen LogP contribution is -2.41. The second-order valence-electron chi connectivity index (χ2n) is 9.64. The normalized spacial score (nSPS) is 16.1. The molecule has 0 saturated heterocycles. The molecule has 2 aliphatic rings. The number of fused-ring (bicyclic) bond motifs is 1. The van der Waals surface area contributed by atoms with Gasteiger partial charge in [0.1, 0.15) is 0 Å². The van der Waals surface area contributed by atoms with Crippen LogP contribution in [0.1, 0.15) is 57.6 Å². The molecule has 7 nitrogen and oxygen atoms in total. The fraction of sp³-hybridized carbons (Fsp3) is 0.609. The molecule has 0 bridgehead atoms. The van der Waals surface area contributed by atoms with Gasteiger partial charge < -0.3 is 13.9 Å². The predicted molar refractivity (Wildman–Crippen MR) is 124 cm³/mol. The monoisotopic (exact) mass is 443 g/mol. The molecule has 1 aromatic carbocycles. The van der Waals surface area contributed by atoms with Crippen molar-refractivity contribution in [3.63, 3.8) is 0 Å². The molecule has 0 atom stereocenters. The van der Waals surface area contributed by atoms with Crippen molar-refractivity contribution in [3.05, 3.63) is 39.3 Å². The largest absolute Gasteiger partial charge is 0.454 e. The van der Waals surface area contributed by atoms with Gasteiger partial charge >= 0.3 is 0 Å². The van der Waals surface area contributed by atoms with Gasteiger partial charge in [0.05, 0.1) is 0 Å². The van der Waals surface area contributed by atoms with Crippen LogP contribution < -0.4 is 9.47 Å². The Hall–Kier alpha value is -2.28. The quantitative estimate of drug-likeness (QED) is 0.150. The minimum absolute atomic E-state index is 0.136. The lowest BCUT2D eigenvalue weighted by Gasteiger charge is -2.36. The summed E-state index contributed by atoms with van der Waals surface area (Å²) in [4.78, 5) is 15.7. The van der Waals surface area contributed by atoms with E-state index >= 15 is 0 Å².